The molecule has 1 atom stereocenters. The largest absolute Gasteiger partial charge is 0.485 e. The number of hydrogen-bond donors (Lipinski definition) is 2. The third-order valence-electron chi connectivity index (χ3n) is 5.67. The Morgan fingerprint density at radius 3 is 2.75 bits per heavy atom. The van der Waals surface area contributed by atoms with E-state index in [9.17, 15) is 15.0 Å². The number of carbonyl (C=O) groups is 1. The number of halogens is 1. The SMILES string of the molecule is CCCCc1nc(Cl)c(CO)n1-c1ccc2c(c1)C(=CC(=O)O)c1ccccc1C(C)O2. The fraction of sp³-hybridized carbons (Fsp3) is 0.280. The van der Waals surface area contributed by atoms with Gasteiger partial charge < -0.3 is 14.9 Å². The summed E-state index contributed by atoms with van der Waals surface area (Å²) in [7, 11) is 0. The number of aliphatic hydroxyl groups is 1. The van der Waals surface area contributed by atoms with Crippen molar-refractivity contribution in [1.29, 1.82) is 0 Å². The van der Waals surface area contributed by atoms with E-state index in [0.29, 0.717) is 29.0 Å². The molecule has 0 saturated heterocycles. The number of aryl methyl sites for hydroxylation is 1. The number of unbranched alkanes of at least 4 members (excludes halogenated alkanes) is 1. The summed E-state index contributed by atoms with van der Waals surface area (Å²) in [6.07, 6.45) is 3.61. The Balaban J connectivity index is 1.95. The van der Waals surface area contributed by atoms with E-state index in [-0.39, 0.29) is 17.9 Å². The van der Waals surface area contributed by atoms with Crippen LogP contribution in [0.5, 0.6) is 5.75 Å². The summed E-state index contributed by atoms with van der Waals surface area (Å²) in [6, 6.07) is 13.3. The summed E-state index contributed by atoms with van der Waals surface area (Å²) in [5, 5.41) is 19.8. The second-order valence-corrected chi connectivity index (χ2v) is 8.14. The number of aliphatic hydroxyl groups excluding tert-OH is 1. The van der Waals surface area contributed by atoms with Gasteiger partial charge in [0, 0.05) is 29.3 Å². The van der Waals surface area contributed by atoms with Crippen molar-refractivity contribution in [3.05, 3.63) is 81.9 Å². The summed E-state index contributed by atoms with van der Waals surface area (Å²) in [5.41, 5.74) is 4.21. The zero-order valence-corrected chi connectivity index (χ0v) is 18.8. The summed E-state index contributed by atoms with van der Waals surface area (Å²) in [5.74, 6) is 0.316. The van der Waals surface area contributed by atoms with Crippen molar-refractivity contribution < 1.29 is 19.7 Å². The minimum Gasteiger partial charge on any atom is -0.485 e. The van der Waals surface area contributed by atoms with Gasteiger partial charge in [-0.1, -0.05) is 49.2 Å². The minimum absolute atomic E-state index is 0.244. The highest BCUT2D eigenvalue weighted by Crippen LogP contribution is 2.42. The van der Waals surface area contributed by atoms with E-state index in [4.69, 9.17) is 16.3 Å². The maximum absolute atomic E-state index is 11.7. The molecule has 0 bridgehead atoms. The van der Waals surface area contributed by atoms with E-state index in [0.717, 1.165) is 35.5 Å². The summed E-state index contributed by atoms with van der Waals surface area (Å²) < 4.78 is 8.07. The summed E-state index contributed by atoms with van der Waals surface area (Å²) in [6.45, 7) is 3.79. The number of hydrogen-bond acceptors (Lipinski definition) is 4. The lowest BCUT2D eigenvalue weighted by atomic mass is 9.92. The number of imidazole rings is 1. The molecule has 1 aliphatic heterocycles. The first-order chi connectivity index (χ1) is 15.4. The fourth-order valence-corrected chi connectivity index (χ4v) is 4.41. The fourth-order valence-electron chi connectivity index (χ4n) is 4.16. The third-order valence-corrected chi connectivity index (χ3v) is 5.97. The molecule has 1 unspecified atom stereocenters. The number of fused-ring (bicyclic) bond motifs is 2. The average Bonchev–Trinajstić information content (AvgIpc) is 3.05. The van der Waals surface area contributed by atoms with Gasteiger partial charge in [-0.05, 0) is 42.7 Å². The molecule has 0 saturated carbocycles. The monoisotopic (exact) mass is 452 g/mol. The number of rotatable bonds is 6. The van der Waals surface area contributed by atoms with E-state index in [1.54, 1.807) is 0 Å². The second kappa shape index (κ2) is 9.18. The van der Waals surface area contributed by atoms with Crippen molar-refractivity contribution in [1.82, 2.24) is 9.55 Å². The van der Waals surface area contributed by atoms with Crippen LogP contribution in [-0.2, 0) is 17.8 Å². The molecule has 2 aromatic carbocycles. The third kappa shape index (κ3) is 4.04. The molecule has 2 N–H and O–H groups in total. The summed E-state index contributed by atoms with van der Waals surface area (Å²) in [4.78, 5) is 16.2. The molecular formula is C25H25ClN2O4. The lowest BCUT2D eigenvalue weighted by Crippen LogP contribution is -2.07. The topological polar surface area (TPSA) is 84.6 Å². The summed E-state index contributed by atoms with van der Waals surface area (Å²) >= 11 is 6.33. The Labute approximate surface area is 191 Å². The minimum atomic E-state index is -1.04. The van der Waals surface area contributed by atoms with Crippen molar-refractivity contribution >= 4 is 23.1 Å². The standard InChI is InChI=1S/C25H25ClN2O4/c1-3-4-9-23-27-25(26)21(14-29)28(23)16-10-11-22-20(12-16)19(13-24(30)31)18-8-6-5-7-17(18)15(2)32-22/h5-8,10-13,15,29H,3-4,9,14H2,1-2H3,(H,30,31). The Hall–Kier alpha value is -3.09. The first kappa shape index (κ1) is 22.1. The van der Waals surface area contributed by atoms with Crippen molar-refractivity contribution in [3.8, 4) is 11.4 Å². The van der Waals surface area contributed by atoms with Gasteiger partial charge in [0.05, 0.1) is 12.3 Å². The highest BCUT2D eigenvalue weighted by molar-refractivity contribution is 6.30. The molecule has 166 valence electrons. The van der Waals surface area contributed by atoms with Crippen LogP contribution in [0, 0.1) is 0 Å². The van der Waals surface area contributed by atoms with Crippen molar-refractivity contribution in [2.75, 3.05) is 0 Å². The lowest BCUT2D eigenvalue weighted by molar-refractivity contribution is -0.131. The van der Waals surface area contributed by atoms with Gasteiger partial charge in [0.15, 0.2) is 5.15 Å². The molecule has 0 aliphatic carbocycles. The van der Waals surface area contributed by atoms with Crippen LogP contribution in [0.15, 0.2) is 48.5 Å². The van der Waals surface area contributed by atoms with E-state index in [2.05, 4.69) is 11.9 Å². The van der Waals surface area contributed by atoms with Crippen LogP contribution in [0.3, 0.4) is 0 Å². The maximum atomic E-state index is 11.7. The number of aliphatic carboxylic acids is 1. The van der Waals surface area contributed by atoms with Gasteiger partial charge in [-0.2, -0.15) is 0 Å². The zero-order chi connectivity index (χ0) is 22.8. The van der Waals surface area contributed by atoms with Crippen LogP contribution in [0.2, 0.25) is 5.15 Å². The molecule has 1 aliphatic rings. The Bertz CT molecular complexity index is 1200. The van der Waals surface area contributed by atoms with E-state index >= 15 is 0 Å². The van der Waals surface area contributed by atoms with E-state index < -0.39 is 5.97 Å². The molecule has 0 radical (unpaired) electrons. The molecule has 1 aromatic heterocycles. The average molecular weight is 453 g/mol. The first-order valence-corrected chi connectivity index (χ1v) is 11.0. The van der Waals surface area contributed by atoms with Gasteiger partial charge in [0.1, 0.15) is 17.7 Å². The molecule has 3 aromatic rings. The van der Waals surface area contributed by atoms with E-state index in [1.165, 1.54) is 6.08 Å². The van der Waals surface area contributed by atoms with Crippen LogP contribution in [0.4, 0.5) is 0 Å². The Morgan fingerprint density at radius 2 is 2.03 bits per heavy atom. The van der Waals surface area contributed by atoms with Crippen LogP contribution >= 0.6 is 11.6 Å². The van der Waals surface area contributed by atoms with Gasteiger partial charge in [-0.25, -0.2) is 9.78 Å². The molecule has 7 heteroatoms. The predicted molar refractivity (Wildman–Crippen MR) is 123 cm³/mol. The number of nitrogens with zero attached hydrogens (tertiary/aromatic N) is 2. The van der Waals surface area contributed by atoms with Gasteiger partial charge in [0.25, 0.3) is 0 Å². The number of aromatic nitrogens is 2. The van der Waals surface area contributed by atoms with Crippen LogP contribution in [-0.4, -0.2) is 25.7 Å². The van der Waals surface area contributed by atoms with Gasteiger partial charge in [0.2, 0.25) is 0 Å². The van der Waals surface area contributed by atoms with Crippen LogP contribution < -0.4 is 4.74 Å². The van der Waals surface area contributed by atoms with Gasteiger partial charge in [-0.15, -0.1) is 0 Å². The quantitative estimate of drug-likeness (QED) is 0.494. The van der Waals surface area contributed by atoms with Crippen molar-refractivity contribution in [2.24, 2.45) is 0 Å². The van der Waals surface area contributed by atoms with Gasteiger partial charge in [-0.3, -0.25) is 4.57 Å². The molecule has 0 amide bonds. The molecule has 0 spiro atoms. The second-order valence-electron chi connectivity index (χ2n) is 7.79. The Kier molecular flexibility index (Phi) is 6.35. The number of benzene rings is 2. The highest BCUT2D eigenvalue weighted by Gasteiger charge is 2.26. The molecule has 32 heavy (non-hydrogen) atoms. The molecule has 2 heterocycles. The highest BCUT2D eigenvalue weighted by atomic mass is 35.5. The number of carboxylic acid groups (broad SMARTS) is 1. The van der Waals surface area contributed by atoms with Crippen molar-refractivity contribution in [3.63, 3.8) is 0 Å². The lowest BCUT2D eigenvalue weighted by Gasteiger charge is -2.16. The van der Waals surface area contributed by atoms with Gasteiger partial charge >= 0.3 is 5.97 Å². The first-order valence-electron chi connectivity index (χ1n) is 10.7. The maximum Gasteiger partial charge on any atom is 0.328 e. The molecule has 0 fully saturated rings. The molecule has 4 rings (SSSR count). The molecular weight excluding hydrogens is 428 g/mol. The normalized spacial score (nSPS) is 16.2. The van der Waals surface area contributed by atoms with E-state index in [1.807, 2.05) is 54.0 Å². The predicted octanol–water partition coefficient (Wildman–Crippen LogP) is 5.33. The van der Waals surface area contributed by atoms with Crippen molar-refractivity contribution in [2.45, 2.75) is 45.8 Å². The zero-order valence-electron chi connectivity index (χ0n) is 18.0. The smallest absolute Gasteiger partial charge is 0.328 e. The van der Waals surface area contributed by atoms with Crippen LogP contribution in [0.1, 0.15) is 61.0 Å². The number of ether oxygens (including phenoxy) is 1. The molecule has 6 nitrogen and oxygen atoms in total. The number of carboxylic acids is 1. The Morgan fingerprint density at radius 1 is 1.25 bits per heavy atom. The van der Waals surface area contributed by atoms with Crippen LogP contribution in [0.25, 0.3) is 11.3 Å².